The molecular formula is C17H18N6O3. The Morgan fingerprint density at radius 1 is 1.15 bits per heavy atom. The van der Waals surface area contributed by atoms with Crippen molar-refractivity contribution in [2.24, 2.45) is 10.2 Å². The quantitative estimate of drug-likeness (QED) is 0.532. The predicted octanol–water partition coefficient (Wildman–Crippen LogP) is 1.27. The van der Waals surface area contributed by atoms with Crippen LogP contribution in [0.5, 0.6) is 0 Å². The average molecular weight is 354 g/mol. The van der Waals surface area contributed by atoms with Gasteiger partial charge in [-0.05, 0) is 18.2 Å². The number of carbonyl (C=O) groups excluding carboxylic acids is 2. The first kappa shape index (κ1) is 17.4. The molecule has 1 aromatic carbocycles. The second-order valence-corrected chi connectivity index (χ2v) is 6.05. The van der Waals surface area contributed by atoms with Crippen LogP contribution in [0.4, 0.5) is 5.69 Å². The number of H-pyrrole nitrogens is 2. The number of nitrogens with one attached hydrogen (secondary N) is 4. The highest BCUT2D eigenvalue weighted by atomic mass is 16.2. The van der Waals surface area contributed by atoms with E-state index in [1.54, 1.807) is 18.2 Å². The Labute approximate surface area is 148 Å². The van der Waals surface area contributed by atoms with Crippen LogP contribution in [0.25, 0.3) is 11.0 Å². The number of rotatable bonds is 8. The van der Waals surface area contributed by atoms with Gasteiger partial charge in [-0.2, -0.15) is 10.2 Å². The Kier molecular flexibility index (Phi) is 4.84. The monoisotopic (exact) mass is 354 g/mol. The lowest BCUT2D eigenvalue weighted by atomic mass is 10.0. The molecule has 4 N–H and O–H groups in total. The third kappa shape index (κ3) is 4.36. The van der Waals surface area contributed by atoms with Crippen molar-refractivity contribution in [2.75, 3.05) is 11.9 Å². The van der Waals surface area contributed by atoms with E-state index >= 15 is 0 Å². The fourth-order valence-corrected chi connectivity index (χ4v) is 2.56. The van der Waals surface area contributed by atoms with Gasteiger partial charge in [0.15, 0.2) is 5.66 Å². The van der Waals surface area contributed by atoms with E-state index in [1.165, 1.54) is 0 Å². The van der Waals surface area contributed by atoms with Crippen LogP contribution in [-0.4, -0.2) is 34.0 Å². The summed E-state index contributed by atoms with van der Waals surface area (Å²) in [5.41, 5.74) is 0.942. The van der Waals surface area contributed by atoms with Gasteiger partial charge in [0.1, 0.15) is 0 Å². The summed E-state index contributed by atoms with van der Waals surface area (Å²) >= 11 is 0. The highest BCUT2D eigenvalue weighted by Crippen LogP contribution is 2.37. The van der Waals surface area contributed by atoms with Gasteiger partial charge >= 0.3 is 5.69 Å². The minimum Gasteiger partial charge on any atom is -0.347 e. The fraction of sp³-hybridized carbons (Fsp3) is 0.353. The van der Waals surface area contributed by atoms with Gasteiger partial charge in [-0.15, -0.1) is 12.3 Å². The molecule has 0 aliphatic carbocycles. The molecule has 0 saturated carbocycles. The van der Waals surface area contributed by atoms with Gasteiger partial charge in [0.05, 0.1) is 17.6 Å². The third-order valence-electron chi connectivity index (χ3n) is 4.05. The topological polar surface area (TPSA) is 132 Å². The number of terminal acetylenes is 1. The molecule has 0 fully saturated rings. The zero-order valence-electron chi connectivity index (χ0n) is 14.0. The molecule has 134 valence electrons. The van der Waals surface area contributed by atoms with Gasteiger partial charge in [-0.1, -0.05) is 0 Å². The van der Waals surface area contributed by atoms with E-state index in [0.717, 1.165) is 0 Å². The number of carbonyl (C=O) groups is 2. The van der Waals surface area contributed by atoms with Crippen molar-refractivity contribution >= 4 is 28.5 Å². The number of anilines is 1. The molecule has 1 aromatic heterocycles. The van der Waals surface area contributed by atoms with E-state index in [1.807, 2.05) is 0 Å². The first-order chi connectivity index (χ1) is 12.5. The lowest BCUT2D eigenvalue weighted by Crippen LogP contribution is -2.33. The van der Waals surface area contributed by atoms with Crippen LogP contribution in [0.2, 0.25) is 0 Å². The summed E-state index contributed by atoms with van der Waals surface area (Å²) < 4.78 is 0. The maximum absolute atomic E-state index is 11.9. The zero-order chi connectivity index (χ0) is 18.6. The van der Waals surface area contributed by atoms with E-state index < -0.39 is 5.66 Å². The van der Waals surface area contributed by atoms with E-state index in [9.17, 15) is 14.4 Å². The molecule has 2 amide bonds. The molecular weight excluding hydrogens is 336 g/mol. The van der Waals surface area contributed by atoms with Crippen molar-refractivity contribution in [2.45, 2.75) is 31.3 Å². The van der Waals surface area contributed by atoms with Gasteiger partial charge in [0, 0.05) is 31.4 Å². The molecule has 3 rings (SSSR count). The summed E-state index contributed by atoms with van der Waals surface area (Å²) in [6, 6.07) is 4.98. The number of hydrogen-bond acceptors (Lipinski definition) is 5. The van der Waals surface area contributed by atoms with Crippen molar-refractivity contribution in [3.8, 4) is 12.3 Å². The molecule has 0 spiro atoms. The second kappa shape index (κ2) is 7.23. The van der Waals surface area contributed by atoms with Crippen molar-refractivity contribution in [1.82, 2.24) is 15.3 Å². The standard InChI is InChI=1S/C17H18N6O3/c1-2-3-7-17(22-23-17)8-6-14(24)18-10-15(25)19-11-4-5-12-13(9-11)21-16(26)20-12/h1,4-5,9H,3,6-8,10H2,(H,18,24)(H,19,25)(H2,20,21,26). The SMILES string of the molecule is C#CCCC1(CCC(=O)NCC(=O)Nc2ccc3[nH]c(=O)[nH]c3c2)N=N1. The maximum atomic E-state index is 11.9. The summed E-state index contributed by atoms with van der Waals surface area (Å²) in [6.45, 7) is -0.147. The molecule has 0 saturated heterocycles. The van der Waals surface area contributed by atoms with Crippen LogP contribution in [0.15, 0.2) is 33.2 Å². The normalized spacial score (nSPS) is 14.0. The van der Waals surface area contributed by atoms with E-state index in [-0.39, 0.29) is 30.5 Å². The minimum absolute atomic E-state index is 0.147. The van der Waals surface area contributed by atoms with E-state index in [0.29, 0.717) is 36.0 Å². The summed E-state index contributed by atoms with van der Waals surface area (Å²) in [6.07, 6.45) is 7.13. The Balaban J connectivity index is 1.42. The van der Waals surface area contributed by atoms with E-state index in [2.05, 4.69) is 36.8 Å². The van der Waals surface area contributed by atoms with Gasteiger partial charge < -0.3 is 20.6 Å². The average Bonchev–Trinajstić information content (AvgIpc) is 3.29. The second-order valence-electron chi connectivity index (χ2n) is 6.05. The lowest BCUT2D eigenvalue weighted by Gasteiger charge is -2.09. The number of benzene rings is 1. The Hall–Kier alpha value is -3.41. The lowest BCUT2D eigenvalue weighted by molar-refractivity contribution is -0.124. The number of nitrogens with zero attached hydrogens (tertiary/aromatic N) is 2. The molecule has 9 nitrogen and oxygen atoms in total. The number of fused-ring (bicyclic) bond motifs is 1. The van der Waals surface area contributed by atoms with Crippen LogP contribution in [0.1, 0.15) is 25.7 Å². The maximum Gasteiger partial charge on any atom is 0.323 e. The van der Waals surface area contributed by atoms with Crippen molar-refractivity contribution in [3.05, 3.63) is 28.7 Å². The Bertz CT molecular complexity index is 959. The van der Waals surface area contributed by atoms with Gasteiger partial charge in [0.25, 0.3) is 0 Å². The molecule has 0 bridgehead atoms. The van der Waals surface area contributed by atoms with Crippen LogP contribution in [0, 0.1) is 12.3 Å². The molecule has 9 heteroatoms. The first-order valence-corrected chi connectivity index (χ1v) is 8.16. The highest BCUT2D eigenvalue weighted by molar-refractivity contribution is 5.96. The van der Waals surface area contributed by atoms with Crippen LogP contribution >= 0.6 is 0 Å². The number of imidazole rings is 1. The summed E-state index contributed by atoms with van der Waals surface area (Å²) in [4.78, 5) is 40.3. The number of hydrogen-bond donors (Lipinski definition) is 4. The fourth-order valence-electron chi connectivity index (χ4n) is 2.56. The summed E-state index contributed by atoms with van der Waals surface area (Å²) in [7, 11) is 0. The molecule has 1 aliphatic heterocycles. The molecule has 0 unspecified atom stereocenters. The third-order valence-corrected chi connectivity index (χ3v) is 4.05. The van der Waals surface area contributed by atoms with Gasteiger partial charge in [-0.3, -0.25) is 9.59 Å². The molecule has 1 aliphatic rings. The largest absolute Gasteiger partial charge is 0.347 e. The van der Waals surface area contributed by atoms with Gasteiger partial charge in [-0.25, -0.2) is 4.79 Å². The number of amides is 2. The van der Waals surface area contributed by atoms with Gasteiger partial charge in [0.2, 0.25) is 11.8 Å². The summed E-state index contributed by atoms with van der Waals surface area (Å²) in [5.74, 6) is 1.92. The minimum atomic E-state index is -0.505. The Morgan fingerprint density at radius 3 is 2.65 bits per heavy atom. The van der Waals surface area contributed by atoms with Crippen LogP contribution in [0.3, 0.4) is 0 Å². The van der Waals surface area contributed by atoms with E-state index in [4.69, 9.17) is 6.42 Å². The Morgan fingerprint density at radius 2 is 1.92 bits per heavy atom. The number of aromatic amines is 2. The predicted molar refractivity (Wildman–Crippen MR) is 95.4 cm³/mol. The zero-order valence-corrected chi connectivity index (χ0v) is 14.0. The van der Waals surface area contributed by atoms with Crippen LogP contribution < -0.4 is 16.3 Å². The first-order valence-electron chi connectivity index (χ1n) is 8.16. The van der Waals surface area contributed by atoms with Crippen molar-refractivity contribution in [1.29, 1.82) is 0 Å². The highest BCUT2D eigenvalue weighted by Gasteiger charge is 2.39. The van der Waals surface area contributed by atoms with Crippen LogP contribution in [-0.2, 0) is 9.59 Å². The van der Waals surface area contributed by atoms with Crippen molar-refractivity contribution < 1.29 is 9.59 Å². The molecule has 26 heavy (non-hydrogen) atoms. The number of aromatic nitrogens is 2. The molecule has 0 radical (unpaired) electrons. The molecule has 2 heterocycles. The molecule has 0 atom stereocenters. The molecule has 2 aromatic rings. The smallest absolute Gasteiger partial charge is 0.323 e. The summed E-state index contributed by atoms with van der Waals surface area (Å²) in [5, 5.41) is 13.2. The van der Waals surface area contributed by atoms with Crippen molar-refractivity contribution in [3.63, 3.8) is 0 Å².